The van der Waals surface area contributed by atoms with Crippen molar-refractivity contribution >= 4 is 29.2 Å². The maximum atomic E-state index is 13.8. The van der Waals surface area contributed by atoms with Gasteiger partial charge in [-0.25, -0.2) is 14.0 Å². The van der Waals surface area contributed by atoms with Crippen molar-refractivity contribution in [3.8, 4) is 0 Å². The lowest BCUT2D eigenvalue weighted by Gasteiger charge is -2.36. The second kappa shape index (κ2) is 9.78. The third kappa shape index (κ3) is 6.75. The molecule has 1 heterocycles. The Morgan fingerprint density at radius 2 is 1.53 bits per heavy atom. The zero-order chi connectivity index (χ0) is 25.1. The van der Waals surface area contributed by atoms with Crippen LogP contribution < -0.4 is 15.5 Å². The van der Waals surface area contributed by atoms with Crippen LogP contribution in [0.2, 0.25) is 0 Å². The van der Waals surface area contributed by atoms with Gasteiger partial charge in [0.05, 0.1) is 11.3 Å². The van der Waals surface area contributed by atoms with E-state index in [2.05, 4.69) is 15.5 Å². The summed E-state index contributed by atoms with van der Waals surface area (Å²) in [5.74, 6) is -0.982. The zero-order valence-electron chi connectivity index (χ0n) is 19.0. The molecule has 11 heteroatoms. The van der Waals surface area contributed by atoms with Crippen LogP contribution in [0.4, 0.5) is 44.2 Å². The molecule has 0 aromatic heterocycles. The van der Waals surface area contributed by atoms with Crippen LogP contribution in [-0.2, 0) is 10.9 Å². The lowest BCUT2D eigenvalue weighted by Crippen LogP contribution is -2.50. The highest BCUT2D eigenvalue weighted by Gasteiger charge is 2.31. The summed E-state index contributed by atoms with van der Waals surface area (Å²) in [5, 5.41) is 4.56. The highest BCUT2D eigenvalue weighted by molar-refractivity contribution is 6.00. The molecule has 34 heavy (non-hydrogen) atoms. The van der Waals surface area contributed by atoms with Gasteiger partial charge < -0.3 is 25.2 Å². The van der Waals surface area contributed by atoms with Crippen molar-refractivity contribution in [1.29, 1.82) is 0 Å². The van der Waals surface area contributed by atoms with Crippen molar-refractivity contribution in [2.75, 3.05) is 41.7 Å². The van der Waals surface area contributed by atoms with Crippen LogP contribution >= 0.6 is 0 Å². The predicted molar refractivity (Wildman–Crippen MR) is 121 cm³/mol. The van der Waals surface area contributed by atoms with Crippen molar-refractivity contribution in [2.45, 2.75) is 32.5 Å². The fourth-order valence-corrected chi connectivity index (χ4v) is 3.31. The number of carbonyl (C=O) groups is 2. The molecule has 1 aliphatic heterocycles. The van der Waals surface area contributed by atoms with Crippen molar-refractivity contribution in [3.63, 3.8) is 0 Å². The molecule has 2 aromatic carbocycles. The van der Waals surface area contributed by atoms with Crippen LogP contribution in [-0.4, -0.2) is 48.8 Å². The van der Waals surface area contributed by atoms with Crippen molar-refractivity contribution < 1.29 is 31.9 Å². The maximum Gasteiger partial charge on any atom is 0.416 e. The SMILES string of the molecule is CC(C)(C)OC(=O)N1CCN(c2ccc(NC(=O)Nc3cc(C(F)(F)F)ccc3F)cc2)CC1. The summed E-state index contributed by atoms with van der Waals surface area (Å²) in [6.45, 7) is 7.63. The number of urea groups is 1. The number of carbonyl (C=O) groups excluding carboxylic acids is 2. The van der Waals surface area contributed by atoms with Crippen LogP contribution in [0, 0.1) is 5.82 Å². The Morgan fingerprint density at radius 3 is 2.09 bits per heavy atom. The van der Waals surface area contributed by atoms with E-state index in [1.54, 1.807) is 29.2 Å². The number of amides is 3. The Balaban J connectivity index is 1.55. The minimum absolute atomic E-state index is 0.352. The average Bonchev–Trinajstić information content (AvgIpc) is 2.74. The van der Waals surface area contributed by atoms with E-state index in [9.17, 15) is 27.2 Å². The number of piperazine rings is 1. The first kappa shape index (κ1) is 25.1. The summed E-state index contributed by atoms with van der Waals surface area (Å²) in [6, 6.07) is 7.69. The molecule has 1 aliphatic rings. The molecule has 184 valence electrons. The van der Waals surface area contributed by atoms with Gasteiger partial charge in [-0.15, -0.1) is 0 Å². The summed E-state index contributed by atoms with van der Waals surface area (Å²) in [4.78, 5) is 28.1. The summed E-state index contributed by atoms with van der Waals surface area (Å²) in [6.07, 6.45) is -5.01. The van der Waals surface area contributed by atoms with Crippen molar-refractivity contribution in [2.24, 2.45) is 0 Å². The maximum absolute atomic E-state index is 13.8. The fraction of sp³-hybridized carbons (Fsp3) is 0.391. The first-order chi connectivity index (χ1) is 15.8. The average molecular weight is 482 g/mol. The number of hydrogen-bond acceptors (Lipinski definition) is 4. The van der Waals surface area contributed by atoms with Crippen molar-refractivity contribution in [3.05, 3.63) is 53.8 Å². The largest absolute Gasteiger partial charge is 0.444 e. The lowest BCUT2D eigenvalue weighted by molar-refractivity contribution is -0.137. The first-order valence-corrected chi connectivity index (χ1v) is 10.6. The second-order valence-corrected chi connectivity index (χ2v) is 8.77. The molecule has 0 radical (unpaired) electrons. The van der Waals surface area contributed by atoms with Gasteiger partial charge in [0, 0.05) is 37.6 Å². The molecule has 1 fully saturated rings. The molecule has 2 aromatic rings. The van der Waals surface area contributed by atoms with Gasteiger partial charge in [-0.3, -0.25) is 0 Å². The van der Waals surface area contributed by atoms with Gasteiger partial charge in [-0.2, -0.15) is 13.2 Å². The number of rotatable bonds is 3. The molecule has 2 N–H and O–H groups in total. The van der Waals surface area contributed by atoms with Gasteiger partial charge in [0.1, 0.15) is 11.4 Å². The minimum atomic E-state index is -4.66. The number of anilines is 3. The third-order valence-electron chi connectivity index (χ3n) is 4.96. The Labute approximate surface area is 194 Å². The molecule has 3 rings (SSSR count). The smallest absolute Gasteiger partial charge is 0.416 e. The van der Waals surface area contributed by atoms with E-state index in [1.807, 2.05) is 20.8 Å². The number of hydrogen-bond donors (Lipinski definition) is 2. The van der Waals surface area contributed by atoms with E-state index in [0.717, 1.165) is 5.69 Å². The number of benzene rings is 2. The number of nitrogens with zero attached hydrogens (tertiary/aromatic N) is 2. The number of halogens is 4. The second-order valence-electron chi connectivity index (χ2n) is 8.77. The van der Waals surface area contributed by atoms with E-state index >= 15 is 0 Å². The normalized spacial score (nSPS) is 14.6. The standard InChI is InChI=1S/C23H26F4N4O3/c1-22(2,3)34-21(33)31-12-10-30(11-13-31)17-7-5-16(6-8-17)28-20(32)29-19-14-15(23(25,26)27)4-9-18(19)24/h4-9,14H,10-13H2,1-3H3,(H2,28,29,32). The molecule has 0 atom stereocenters. The molecule has 3 amide bonds. The van der Waals surface area contributed by atoms with Crippen LogP contribution in [0.1, 0.15) is 26.3 Å². The summed E-state index contributed by atoms with van der Waals surface area (Å²) in [5.41, 5.74) is -0.956. The van der Waals surface area contributed by atoms with Crippen LogP contribution in [0.15, 0.2) is 42.5 Å². The van der Waals surface area contributed by atoms with Gasteiger partial charge in [-0.05, 0) is 63.2 Å². The van der Waals surface area contributed by atoms with Crippen molar-refractivity contribution in [1.82, 2.24) is 4.90 Å². The number of nitrogens with one attached hydrogen (secondary N) is 2. The molecule has 0 saturated carbocycles. The molecule has 1 saturated heterocycles. The first-order valence-electron chi connectivity index (χ1n) is 10.6. The monoisotopic (exact) mass is 482 g/mol. The molecular weight excluding hydrogens is 456 g/mol. The molecule has 0 aliphatic carbocycles. The van der Waals surface area contributed by atoms with E-state index in [4.69, 9.17) is 4.74 Å². The summed E-state index contributed by atoms with van der Waals surface area (Å²) >= 11 is 0. The molecule has 7 nitrogen and oxygen atoms in total. The molecular formula is C23H26F4N4O3. The van der Waals surface area contributed by atoms with Gasteiger partial charge >= 0.3 is 18.3 Å². The lowest BCUT2D eigenvalue weighted by atomic mass is 10.2. The Hall–Kier alpha value is -3.50. The van der Waals surface area contributed by atoms with Gasteiger partial charge in [0.15, 0.2) is 0 Å². The topological polar surface area (TPSA) is 73.9 Å². The number of ether oxygens (including phenoxy) is 1. The molecule has 0 bridgehead atoms. The van der Waals surface area contributed by atoms with E-state index in [0.29, 0.717) is 50.1 Å². The molecule has 0 spiro atoms. The Morgan fingerprint density at radius 1 is 0.912 bits per heavy atom. The van der Waals surface area contributed by atoms with E-state index in [1.165, 1.54) is 0 Å². The predicted octanol–water partition coefficient (Wildman–Crippen LogP) is 5.55. The minimum Gasteiger partial charge on any atom is -0.444 e. The Bertz CT molecular complexity index is 1030. The van der Waals surface area contributed by atoms with Crippen LogP contribution in [0.25, 0.3) is 0 Å². The van der Waals surface area contributed by atoms with E-state index < -0.39 is 34.9 Å². The quantitative estimate of drug-likeness (QED) is 0.563. The zero-order valence-corrected chi connectivity index (χ0v) is 19.0. The highest BCUT2D eigenvalue weighted by atomic mass is 19.4. The van der Waals surface area contributed by atoms with Crippen LogP contribution in [0.3, 0.4) is 0 Å². The third-order valence-corrected chi connectivity index (χ3v) is 4.96. The Kier molecular flexibility index (Phi) is 7.23. The fourth-order valence-electron chi connectivity index (χ4n) is 3.31. The summed E-state index contributed by atoms with van der Waals surface area (Å²) in [7, 11) is 0. The molecule has 0 unspecified atom stereocenters. The number of alkyl halides is 3. The van der Waals surface area contributed by atoms with Crippen LogP contribution in [0.5, 0.6) is 0 Å². The van der Waals surface area contributed by atoms with Gasteiger partial charge in [0.25, 0.3) is 0 Å². The highest BCUT2D eigenvalue weighted by Crippen LogP contribution is 2.32. The van der Waals surface area contributed by atoms with E-state index in [-0.39, 0.29) is 6.09 Å². The van der Waals surface area contributed by atoms with Gasteiger partial charge in [-0.1, -0.05) is 0 Å². The van der Waals surface area contributed by atoms with Gasteiger partial charge in [0.2, 0.25) is 0 Å². The summed E-state index contributed by atoms with van der Waals surface area (Å²) < 4.78 is 57.7.